The number of likely N-dealkylation sites (tertiary alicyclic amines) is 1. The van der Waals surface area contributed by atoms with Crippen LogP contribution in [0, 0.1) is 0 Å². The molecule has 0 aliphatic carbocycles. The van der Waals surface area contributed by atoms with Gasteiger partial charge in [-0.05, 0) is 48.7 Å². The van der Waals surface area contributed by atoms with E-state index in [1.807, 2.05) is 43.3 Å². The topological polar surface area (TPSA) is 63.7 Å². The minimum absolute atomic E-state index is 0.0570. The van der Waals surface area contributed by atoms with E-state index in [0.717, 1.165) is 47.8 Å². The van der Waals surface area contributed by atoms with Crippen LogP contribution in [-0.4, -0.2) is 34.7 Å². The number of fused-ring (bicyclic) bond motifs is 1. The second-order valence-corrected chi connectivity index (χ2v) is 8.23. The zero-order valence-electron chi connectivity index (χ0n) is 17.5. The molecular weight excluding hydrogens is 390 g/mol. The van der Waals surface area contributed by atoms with E-state index in [2.05, 4.69) is 39.5 Å². The van der Waals surface area contributed by atoms with Crippen molar-refractivity contribution >= 4 is 5.91 Å². The molecule has 2 aliphatic heterocycles. The van der Waals surface area contributed by atoms with Gasteiger partial charge in [0.25, 0.3) is 0 Å². The van der Waals surface area contributed by atoms with Gasteiger partial charge in [0.05, 0.1) is 11.2 Å². The third-order valence-electron chi connectivity index (χ3n) is 6.23. The first-order chi connectivity index (χ1) is 15.1. The van der Waals surface area contributed by atoms with Gasteiger partial charge in [-0.3, -0.25) is 14.7 Å². The minimum atomic E-state index is -0.490. The summed E-state index contributed by atoms with van der Waals surface area (Å²) < 4.78 is 10.8. The average Bonchev–Trinajstić information content (AvgIpc) is 3.28. The summed E-state index contributed by atoms with van der Waals surface area (Å²) in [7, 11) is 0. The Morgan fingerprint density at radius 1 is 1.06 bits per heavy atom. The molecular formula is C25H25N3O3. The molecule has 1 N–H and O–H groups in total. The van der Waals surface area contributed by atoms with Crippen LogP contribution in [0.25, 0.3) is 11.3 Å². The van der Waals surface area contributed by atoms with Crippen molar-refractivity contribution in [2.24, 2.45) is 0 Å². The fraction of sp³-hybridized carbons (Fsp3) is 0.280. The average molecular weight is 415 g/mol. The summed E-state index contributed by atoms with van der Waals surface area (Å²) in [6, 6.07) is 20.1. The van der Waals surface area contributed by atoms with Gasteiger partial charge in [0.1, 0.15) is 0 Å². The van der Waals surface area contributed by atoms with E-state index in [9.17, 15) is 4.79 Å². The van der Waals surface area contributed by atoms with E-state index in [1.165, 1.54) is 5.56 Å². The monoisotopic (exact) mass is 415 g/mol. The summed E-state index contributed by atoms with van der Waals surface area (Å²) in [6.45, 7) is 4.40. The predicted molar refractivity (Wildman–Crippen MR) is 118 cm³/mol. The number of hydrogen-bond donors (Lipinski definition) is 1. The van der Waals surface area contributed by atoms with Crippen LogP contribution in [0.1, 0.15) is 24.5 Å². The number of benzene rings is 2. The Morgan fingerprint density at radius 2 is 1.87 bits per heavy atom. The first-order valence-corrected chi connectivity index (χ1v) is 10.5. The number of nitrogens with one attached hydrogen (secondary N) is 1. The van der Waals surface area contributed by atoms with E-state index < -0.39 is 5.54 Å². The number of amides is 1. The van der Waals surface area contributed by atoms with Crippen molar-refractivity contribution in [3.8, 4) is 22.8 Å². The Hall–Kier alpha value is -3.38. The molecule has 5 rings (SSSR count). The molecule has 0 bridgehead atoms. The van der Waals surface area contributed by atoms with E-state index in [-0.39, 0.29) is 12.7 Å². The summed E-state index contributed by atoms with van der Waals surface area (Å²) in [5.41, 5.74) is 3.75. The van der Waals surface area contributed by atoms with Crippen LogP contribution in [0.5, 0.6) is 11.5 Å². The molecule has 1 saturated heterocycles. The highest BCUT2D eigenvalue weighted by atomic mass is 16.7. The number of ether oxygens (including phenoxy) is 2. The summed E-state index contributed by atoms with van der Waals surface area (Å²) >= 11 is 0. The Morgan fingerprint density at radius 3 is 2.61 bits per heavy atom. The molecule has 158 valence electrons. The maximum Gasteiger partial charge on any atom is 0.240 e. The zero-order chi connectivity index (χ0) is 21.3. The highest BCUT2D eigenvalue weighted by Gasteiger charge is 2.46. The summed E-state index contributed by atoms with van der Waals surface area (Å²) in [6.07, 6.45) is 2.66. The van der Waals surface area contributed by atoms with Crippen LogP contribution in [0.2, 0.25) is 0 Å². The van der Waals surface area contributed by atoms with Crippen molar-refractivity contribution in [1.29, 1.82) is 0 Å². The van der Waals surface area contributed by atoms with Gasteiger partial charge in [-0.2, -0.15) is 0 Å². The van der Waals surface area contributed by atoms with E-state index in [0.29, 0.717) is 6.54 Å². The molecule has 3 aromatic rings. The molecule has 0 radical (unpaired) electrons. The summed E-state index contributed by atoms with van der Waals surface area (Å²) in [4.78, 5) is 19.6. The number of carbonyl (C=O) groups excluding carboxylic acids is 1. The number of carbonyl (C=O) groups is 1. The molecule has 31 heavy (non-hydrogen) atoms. The van der Waals surface area contributed by atoms with E-state index in [1.54, 1.807) is 6.20 Å². The molecule has 2 aromatic carbocycles. The molecule has 0 saturated carbocycles. The quantitative estimate of drug-likeness (QED) is 0.664. The van der Waals surface area contributed by atoms with Gasteiger partial charge in [0.15, 0.2) is 11.5 Å². The molecule has 2 aliphatic rings. The standard InChI is InChI=1S/C25H25N3O3/c1-25(24(29)27-15-19-7-10-22-23(14-19)31-17-30-22)11-13-28(25)16-18-5-8-20(9-6-18)21-4-2-3-12-26-21/h2-10,12,14H,11,13,15-17H2,1H3,(H,27,29). The van der Waals surface area contributed by atoms with Crippen molar-refractivity contribution in [3.63, 3.8) is 0 Å². The van der Waals surface area contributed by atoms with Crippen LogP contribution in [0.4, 0.5) is 0 Å². The number of pyridine rings is 1. The van der Waals surface area contributed by atoms with Gasteiger partial charge < -0.3 is 14.8 Å². The van der Waals surface area contributed by atoms with Crippen molar-refractivity contribution < 1.29 is 14.3 Å². The highest BCUT2D eigenvalue weighted by molar-refractivity contribution is 5.86. The first-order valence-electron chi connectivity index (χ1n) is 10.5. The summed E-state index contributed by atoms with van der Waals surface area (Å²) in [5.74, 6) is 1.54. The second kappa shape index (κ2) is 8.04. The van der Waals surface area contributed by atoms with Crippen LogP contribution >= 0.6 is 0 Å². The third-order valence-corrected chi connectivity index (χ3v) is 6.23. The van der Waals surface area contributed by atoms with Gasteiger partial charge in [-0.25, -0.2) is 0 Å². The van der Waals surface area contributed by atoms with Gasteiger partial charge in [0.2, 0.25) is 12.7 Å². The van der Waals surface area contributed by atoms with E-state index in [4.69, 9.17) is 9.47 Å². The molecule has 1 unspecified atom stereocenters. The molecule has 1 fully saturated rings. The Balaban J connectivity index is 1.20. The molecule has 1 amide bonds. The molecule has 1 aromatic heterocycles. The highest BCUT2D eigenvalue weighted by Crippen LogP contribution is 2.34. The number of hydrogen-bond acceptors (Lipinski definition) is 5. The Labute approximate surface area is 181 Å². The number of aromatic nitrogens is 1. The van der Waals surface area contributed by atoms with Crippen LogP contribution < -0.4 is 14.8 Å². The van der Waals surface area contributed by atoms with E-state index >= 15 is 0 Å². The molecule has 6 nitrogen and oxygen atoms in total. The Bertz CT molecular complexity index is 1080. The third kappa shape index (κ3) is 3.86. The van der Waals surface area contributed by atoms with Crippen molar-refractivity contribution in [3.05, 3.63) is 78.0 Å². The first kappa shape index (κ1) is 19.6. The molecule has 3 heterocycles. The lowest BCUT2D eigenvalue weighted by atomic mass is 9.85. The lowest BCUT2D eigenvalue weighted by Crippen LogP contribution is -2.65. The maximum absolute atomic E-state index is 13.0. The second-order valence-electron chi connectivity index (χ2n) is 8.23. The van der Waals surface area contributed by atoms with Crippen molar-refractivity contribution in [2.45, 2.75) is 32.0 Å². The maximum atomic E-state index is 13.0. The molecule has 1 atom stereocenters. The normalized spacial score (nSPS) is 19.6. The van der Waals surface area contributed by atoms with Gasteiger partial charge in [0, 0.05) is 31.4 Å². The van der Waals surface area contributed by atoms with Crippen molar-refractivity contribution in [1.82, 2.24) is 15.2 Å². The van der Waals surface area contributed by atoms with Crippen LogP contribution in [0.3, 0.4) is 0 Å². The Kier molecular flexibility index (Phi) is 5.08. The smallest absolute Gasteiger partial charge is 0.240 e. The largest absolute Gasteiger partial charge is 0.454 e. The fourth-order valence-corrected chi connectivity index (χ4v) is 4.07. The molecule has 6 heteroatoms. The van der Waals surface area contributed by atoms with Crippen molar-refractivity contribution in [2.75, 3.05) is 13.3 Å². The minimum Gasteiger partial charge on any atom is -0.454 e. The van der Waals surface area contributed by atoms with Gasteiger partial charge in [-0.1, -0.05) is 36.4 Å². The number of rotatable bonds is 6. The fourth-order valence-electron chi connectivity index (χ4n) is 4.07. The number of nitrogens with zero attached hydrogens (tertiary/aromatic N) is 2. The van der Waals surface area contributed by atoms with Gasteiger partial charge in [-0.15, -0.1) is 0 Å². The molecule has 0 spiro atoms. The predicted octanol–water partition coefficient (Wildman–Crippen LogP) is 3.76. The van der Waals surface area contributed by atoms with Gasteiger partial charge >= 0.3 is 0 Å². The van der Waals surface area contributed by atoms with Crippen LogP contribution in [0.15, 0.2) is 66.9 Å². The lowest BCUT2D eigenvalue weighted by molar-refractivity contribution is -0.142. The van der Waals surface area contributed by atoms with Crippen LogP contribution in [-0.2, 0) is 17.9 Å². The summed E-state index contributed by atoms with van der Waals surface area (Å²) in [5, 5.41) is 3.09. The zero-order valence-corrected chi connectivity index (χ0v) is 17.5. The lowest BCUT2D eigenvalue weighted by Gasteiger charge is -2.49. The SMILES string of the molecule is CC1(C(=O)NCc2ccc3c(c2)OCO3)CCN1Cc1ccc(-c2ccccn2)cc1.